The van der Waals surface area contributed by atoms with E-state index in [2.05, 4.69) is 35.4 Å². The Labute approximate surface area is 118 Å². The molecule has 0 atom stereocenters. The van der Waals surface area contributed by atoms with Crippen LogP contribution in [0, 0.1) is 6.92 Å². The van der Waals surface area contributed by atoms with Gasteiger partial charge in [-0.1, -0.05) is 35.1 Å². The number of para-hydroxylation sites is 1. The van der Waals surface area contributed by atoms with Crippen molar-refractivity contribution in [2.75, 3.05) is 5.32 Å². The van der Waals surface area contributed by atoms with Crippen molar-refractivity contribution in [1.29, 1.82) is 0 Å². The lowest BCUT2D eigenvalue weighted by molar-refractivity contribution is 1.18. The fourth-order valence-electron chi connectivity index (χ4n) is 1.77. The molecular formula is C13H11ClN2S2. The lowest BCUT2D eigenvalue weighted by atomic mass is 10.2. The van der Waals surface area contributed by atoms with Gasteiger partial charge < -0.3 is 5.32 Å². The highest BCUT2D eigenvalue weighted by Gasteiger charge is 2.05. The number of hydrogen-bond donors (Lipinski definition) is 1. The van der Waals surface area contributed by atoms with Crippen LogP contribution in [0.3, 0.4) is 0 Å². The maximum absolute atomic E-state index is 5.90. The summed E-state index contributed by atoms with van der Waals surface area (Å²) in [5.74, 6) is 0. The van der Waals surface area contributed by atoms with E-state index >= 15 is 0 Å². The van der Waals surface area contributed by atoms with Gasteiger partial charge in [0, 0.05) is 4.88 Å². The second kappa shape index (κ2) is 4.88. The molecule has 0 aliphatic rings. The average Bonchev–Trinajstić information content (AvgIpc) is 2.93. The van der Waals surface area contributed by atoms with Crippen molar-refractivity contribution in [2.24, 2.45) is 0 Å². The number of halogens is 1. The largest absolute Gasteiger partial charge is 0.357 e. The quantitative estimate of drug-likeness (QED) is 0.741. The first-order valence-corrected chi connectivity index (χ1v) is 7.58. The number of aromatic nitrogens is 1. The van der Waals surface area contributed by atoms with Crippen LogP contribution in [0.5, 0.6) is 0 Å². The Kier molecular flexibility index (Phi) is 3.24. The standard InChI is InChI=1S/C13H11ClN2S2/c1-8-3-2-4-10-12(8)16-13(18-10)15-7-9-5-6-11(14)17-9/h2-6H,7H2,1H3,(H,15,16). The summed E-state index contributed by atoms with van der Waals surface area (Å²) in [5.41, 5.74) is 2.31. The molecule has 0 bridgehead atoms. The van der Waals surface area contributed by atoms with E-state index in [9.17, 15) is 0 Å². The van der Waals surface area contributed by atoms with Crippen molar-refractivity contribution in [3.05, 3.63) is 45.1 Å². The van der Waals surface area contributed by atoms with Crippen LogP contribution < -0.4 is 5.32 Å². The van der Waals surface area contributed by atoms with Crippen LogP contribution in [0.15, 0.2) is 30.3 Å². The van der Waals surface area contributed by atoms with E-state index in [1.54, 1.807) is 22.7 Å². The molecular weight excluding hydrogens is 284 g/mol. The molecule has 0 unspecified atom stereocenters. The molecule has 18 heavy (non-hydrogen) atoms. The van der Waals surface area contributed by atoms with Crippen LogP contribution in [0.25, 0.3) is 10.2 Å². The molecule has 1 N–H and O–H groups in total. The second-order valence-corrected chi connectivity index (χ2v) is 6.83. The van der Waals surface area contributed by atoms with Gasteiger partial charge >= 0.3 is 0 Å². The third-order valence-electron chi connectivity index (χ3n) is 2.66. The number of aryl methyl sites for hydroxylation is 1. The minimum absolute atomic E-state index is 0.774. The zero-order valence-electron chi connectivity index (χ0n) is 9.74. The van der Waals surface area contributed by atoms with E-state index < -0.39 is 0 Å². The molecule has 2 nitrogen and oxygen atoms in total. The van der Waals surface area contributed by atoms with Gasteiger partial charge in [-0.05, 0) is 30.7 Å². The van der Waals surface area contributed by atoms with Gasteiger partial charge in [0.05, 0.1) is 21.1 Å². The third-order valence-corrected chi connectivity index (χ3v) is 4.87. The molecule has 3 aromatic rings. The monoisotopic (exact) mass is 294 g/mol. The first-order valence-electron chi connectivity index (χ1n) is 5.56. The number of benzene rings is 1. The van der Waals surface area contributed by atoms with Gasteiger partial charge in [0.1, 0.15) is 0 Å². The van der Waals surface area contributed by atoms with Crippen molar-refractivity contribution in [1.82, 2.24) is 4.98 Å². The van der Waals surface area contributed by atoms with Crippen molar-refractivity contribution in [3.63, 3.8) is 0 Å². The Morgan fingerprint density at radius 1 is 1.22 bits per heavy atom. The number of nitrogens with zero attached hydrogens (tertiary/aromatic N) is 1. The topological polar surface area (TPSA) is 24.9 Å². The summed E-state index contributed by atoms with van der Waals surface area (Å²) in [6.07, 6.45) is 0. The van der Waals surface area contributed by atoms with Gasteiger partial charge in [-0.2, -0.15) is 0 Å². The Balaban J connectivity index is 1.81. The van der Waals surface area contributed by atoms with Gasteiger partial charge in [-0.3, -0.25) is 0 Å². The van der Waals surface area contributed by atoms with Crippen molar-refractivity contribution >= 4 is 49.6 Å². The molecule has 0 aliphatic carbocycles. The van der Waals surface area contributed by atoms with Crippen molar-refractivity contribution in [3.8, 4) is 0 Å². The predicted octanol–water partition coefficient (Wildman–Crippen LogP) is 4.93. The van der Waals surface area contributed by atoms with Gasteiger partial charge in [0.25, 0.3) is 0 Å². The van der Waals surface area contributed by atoms with Gasteiger partial charge in [-0.15, -0.1) is 11.3 Å². The zero-order chi connectivity index (χ0) is 12.5. The molecule has 92 valence electrons. The summed E-state index contributed by atoms with van der Waals surface area (Å²) in [6, 6.07) is 10.2. The molecule has 0 amide bonds. The number of thiophene rings is 1. The smallest absolute Gasteiger partial charge is 0.184 e. The first-order chi connectivity index (χ1) is 8.72. The molecule has 3 rings (SSSR count). The molecule has 1 aromatic carbocycles. The highest BCUT2D eigenvalue weighted by Crippen LogP contribution is 2.29. The molecule has 0 fully saturated rings. The lowest BCUT2D eigenvalue weighted by Gasteiger charge is -1.98. The van der Waals surface area contributed by atoms with E-state index in [1.165, 1.54) is 15.1 Å². The van der Waals surface area contributed by atoms with E-state index in [1.807, 2.05) is 12.1 Å². The molecule has 0 aliphatic heterocycles. The van der Waals surface area contributed by atoms with Crippen LogP contribution in [0.4, 0.5) is 5.13 Å². The van der Waals surface area contributed by atoms with E-state index in [0.29, 0.717) is 0 Å². The summed E-state index contributed by atoms with van der Waals surface area (Å²) >= 11 is 9.19. The molecule has 0 saturated carbocycles. The molecule has 2 aromatic heterocycles. The summed E-state index contributed by atoms with van der Waals surface area (Å²) in [5, 5.41) is 4.31. The number of anilines is 1. The highest BCUT2D eigenvalue weighted by molar-refractivity contribution is 7.22. The minimum atomic E-state index is 0.774. The predicted molar refractivity (Wildman–Crippen MR) is 81.0 cm³/mol. The summed E-state index contributed by atoms with van der Waals surface area (Å²) in [7, 11) is 0. The summed E-state index contributed by atoms with van der Waals surface area (Å²) in [6.45, 7) is 2.86. The van der Waals surface area contributed by atoms with E-state index in [-0.39, 0.29) is 0 Å². The maximum Gasteiger partial charge on any atom is 0.184 e. The van der Waals surface area contributed by atoms with Crippen LogP contribution in [-0.2, 0) is 6.54 Å². The fraction of sp³-hybridized carbons (Fsp3) is 0.154. The number of rotatable bonds is 3. The Bertz CT molecular complexity index is 687. The Morgan fingerprint density at radius 2 is 2.11 bits per heavy atom. The normalized spacial score (nSPS) is 11.0. The lowest BCUT2D eigenvalue weighted by Crippen LogP contribution is -1.96. The second-order valence-electron chi connectivity index (χ2n) is 4.00. The van der Waals surface area contributed by atoms with Crippen molar-refractivity contribution in [2.45, 2.75) is 13.5 Å². The summed E-state index contributed by atoms with van der Waals surface area (Å²) < 4.78 is 2.05. The van der Waals surface area contributed by atoms with Crippen LogP contribution >= 0.6 is 34.3 Å². The number of fused-ring (bicyclic) bond motifs is 1. The first kappa shape index (κ1) is 12.0. The summed E-state index contributed by atoms with van der Waals surface area (Å²) in [4.78, 5) is 5.83. The van der Waals surface area contributed by atoms with Gasteiger partial charge in [-0.25, -0.2) is 4.98 Å². The van der Waals surface area contributed by atoms with Gasteiger partial charge in [0.15, 0.2) is 5.13 Å². The maximum atomic E-state index is 5.90. The van der Waals surface area contributed by atoms with Crippen LogP contribution in [0.2, 0.25) is 4.34 Å². The van der Waals surface area contributed by atoms with Crippen LogP contribution in [0.1, 0.15) is 10.4 Å². The fourth-order valence-corrected chi connectivity index (χ4v) is 3.74. The SMILES string of the molecule is Cc1cccc2sc(NCc3ccc(Cl)s3)nc12. The minimum Gasteiger partial charge on any atom is -0.357 e. The van der Waals surface area contributed by atoms with E-state index in [4.69, 9.17) is 11.6 Å². The molecule has 0 saturated heterocycles. The van der Waals surface area contributed by atoms with Gasteiger partial charge in [0.2, 0.25) is 0 Å². The number of nitrogens with one attached hydrogen (secondary N) is 1. The Hall–Kier alpha value is -1.10. The van der Waals surface area contributed by atoms with E-state index in [0.717, 1.165) is 21.5 Å². The highest BCUT2D eigenvalue weighted by atomic mass is 35.5. The molecule has 2 heterocycles. The van der Waals surface area contributed by atoms with Crippen LogP contribution in [-0.4, -0.2) is 4.98 Å². The van der Waals surface area contributed by atoms with Crippen molar-refractivity contribution < 1.29 is 0 Å². The third kappa shape index (κ3) is 2.36. The molecule has 5 heteroatoms. The Morgan fingerprint density at radius 3 is 2.83 bits per heavy atom. The zero-order valence-corrected chi connectivity index (χ0v) is 12.1. The average molecular weight is 295 g/mol. The number of thiazole rings is 1. The number of hydrogen-bond acceptors (Lipinski definition) is 4. The molecule has 0 radical (unpaired) electrons. The molecule has 0 spiro atoms.